The van der Waals surface area contributed by atoms with Crippen molar-refractivity contribution in [1.82, 2.24) is 15.1 Å². The fraction of sp³-hybridized carbons (Fsp3) is 0.286. The Morgan fingerprint density at radius 3 is 2.18 bits per heavy atom. The maximum Gasteiger partial charge on any atom is 0.316 e. The molecule has 116 valence electrons. The highest BCUT2D eigenvalue weighted by Crippen LogP contribution is 2.05. The number of rotatable bonds is 2. The van der Waals surface area contributed by atoms with E-state index in [1.165, 1.54) is 34.1 Å². The molecule has 1 aromatic carbocycles. The van der Waals surface area contributed by atoms with Gasteiger partial charge in [-0.05, 0) is 24.3 Å². The van der Waals surface area contributed by atoms with Crippen molar-refractivity contribution in [3.8, 4) is 0 Å². The first-order valence-corrected chi connectivity index (χ1v) is 6.70. The SMILES string of the molecule is Nc1ccc(C(=O)NC(=O)C(=O)N2CCN(C=O)CC2)cc1. The lowest BCUT2D eigenvalue weighted by Gasteiger charge is -2.31. The number of carbonyl (C=O) groups excluding carboxylic acids is 4. The number of nitrogen functional groups attached to an aromatic ring is 1. The zero-order valence-electron chi connectivity index (χ0n) is 11.8. The number of amides is 4. The summed E-state index contributed by atoms with van der Waals surface area (Å²) in [5, 5.41) is 2.04. The second kappa shape index (κ2) is 6.70. The van der Waals surface area contributed by atoms with Crippen LogP contribution in [-0.2, 0) is 14.4 Å². The Morgan fingerprint density at radius 2 is 1.64 bits per heavy atom. The lowest BCUT2D eigenvalue weighted by atomic mass is 10.2. The Labute approximate surface area is 126 Å². The normalized spacial score (nSPS) is 14.4. The molecule has 0 radical (unpaired) electrons. The van der Waals surface area contributed by atoms with E-state index in [9.17, 15) is 19.2 Å². The second-order valence-electron chi connectivity index (χ2n) is 4.84. The molecule has 1 fully saturated rings. The third kappa shape index (κ3) is 3.60. The van der Waals surface area contributed by atoms with Crippen molar-refractivity contribution < 1.29 is 19.2 Å². The first-order valence-electron chi connectivity index (χ1n) is 6.70. The van der Waals surface area contributed by atoms with Crippen LogP contribution in [0, 0.1) is 0 Å². The molecule has 0 aliphatic carbocycles. The van der Waals surface area contributed by atoms with Crippen molar-refractivity contribution >= 4 is 29.8 Å². The molecule has 1 heterocycles. The highest BCUT2D eigenvalue weighted by molar-refractivity contribution is 6.38. The summed E-state index contributed by atoms with van der Waals surface area (Å²) in [5.41, 5.74) is 6.24. The molecule has 0 saturated carbocycles. The third-order valence-electron chi connectivity index (χ3n) is 3.34. The summed E-state index contributed by atoms with van der Waals surface area (Å²) in [4.78, 5) is 49.0. The number of nitrogens with one attached hydrogen (secondary N) is 1. The highest BCUT2D eigenvalue weighted by Gasteiger charge is 2.26. The fourth-order valence-corrected chi connectivity index (χ4v) is 2.04. The topological polar surface area (TPSA) is 113 Å². The van der Waals surface area contributed by atoms with Crippen LogP contribution in [0.5, 0.6) is 0 Å². The summed E-state index contributed by atoms with van der Waals surface area (Å²) in [6, 6.07) is 5.98. The number of anilines is 1. The summed E-state index contributed by atoms with van der Waals surface area (Å²) in [7, 11) is 0. The van der Waals surface area contributed by atoms with Crippen LogP contribution in [0.3, 0.4) is 0 Å². The Bertz CT molecular complexity index is 591. The molecule has 1 aromatic rings. The van der Waals surface area contributed by atoms with Crippen LogP contribution >= 0.6 is 0 Å². The van der Waals surface area contributed by atoms with Gasteiger partial charge in [0, 0.05) is 37.4 Å². The number of hydrogen-bond donors (Lipinski definition) is 2. The molecule has 0 unspecified atom stereocenters. The van der Waals surface area contributed by atoms with E-state index < -0.39 is 17.7 Å². The van der Waals surface area contributed by atoms with Gasteiger partial charge in [0.1, 0.15) is 0 Å². The Balaban J connectivity index is 1.91. The number of hydrogen-bond acceptors (Lipinski definition) is 5. The molecule has 1 aliphatic heterocycles. The summed E-state index contributed by atoms with van der Waals surface area (Å²) in [5.74, 6) is -2.43. The standard InChI is InChI=1S/C14H16N4O4/c15-11-3-1-10(2-4-11)12(20)16-13(21)14(22)18-7-5-17(9-19)6-8-18/h1-4,9H,5-8,15H2,(H,16,20,21). The van der Waals surface area contributed by atoms with E-state index in [1.54, 1.807) is 0 Å². The molecule has 1 saturated heterocycles. The predicted molar refractivity (Wildman–Crippen MR) is 77.5 cm³/mol. The highest BCUT2D eigenvalue weighted by atomic mass is 16.2. The number of carbonyl (C=O) groups is 4. The van der Waals surface area contributed by atoms with Crippen LogP contribution in [0.25, 0.3) is 0 Å². The van der Waals surface area contributed by atoms with E-state index in [1.807, 2.05) is 5.32 Å². The minimum Gasteiger partial charge on any atom is -0.399 e. The molecule has 0 bridgehead atoms. The van der Waals surface area contributed by atoms with Crippen molar-refractivity contribution in [3.63, 3.8) is 0 Å². The first-order chi connectivity index (χ1) is 10.5. The quantitative estimate of drug-likeness (QED) is 0.406. The Hall–Kier alpha value is -2.90. The van der Waals surface area contributed by atoms with Gasteiger partial charge in [0.2, 0.25) is 6.41 Å². The average Bonchev–Trinajstić information content (AvgIpc) is 2.54. The maximum absolute atomic E-state index is 11.9. The van der Waals surface area contributed by atoms with Crippen LogP contribution in [0.2, 0.25) is 0 Å². The van der Waals surface area contributed by atoms with Crippen LogP contribution in [0.15, 0.2) is 24.3 Å². The predicted octanol–water partition coefficient (Wildman–Crippen LogP) is -1.17. The van der Waals surface area contributed by atoms with E-state index in [4.69, 9.17) is 5.73 Å². The molecule has 8 nitrogen and oxygen atoms in total. The van der Waals surface area contributed by atoms with Gasteiger partial charge in [-0.1, -0.05) is 0 Å². The minimum atomic E-state index is -0.985. The number of nitrogens with two attached hydrogens (primary N) is 1. The van der Waals surface area contributed by atoms with E-state index in [-0.39, 0.29) is 18.7 Å². The first kappa shape index (κ1) is 15.5. The van der Waals surface area contributed by atoms with Gasteiger partial charge in [-0.15, -0.1) is 0 Å². The minimum absolute atomic E-state index is 0.237. The zero-order chi connectivity index (χ0) is 16.1. The summed E-state index contributed by atoms with van der Waals surface area (Å²) >= 11 is 0. The van der Waals surface area contributed by atoms with Crippen LogP contribution < -0.4 is 11.1 Å². The van der Waals surface area contributed by atoms with Gasteiger partial charge in [0.15, 0.2) is 0 Å². The molecule has 0 aromatic heterocycles. The molecule has 22 heavy (non-hydrogen) atoms. The van der Waals surface area contributed by atoms with Crippen LogP contribution in [-0.4, -0.2) is 60.1 Å². The van der Waals surface area contributed by atoms with Gasteiger partial charge < -0.3 is 15.5 Å². The molecule has 0 spiro atoms. The summed E-state index contributed by atoms with van der Waals surface area (Å²) in [6.45, 7) is 1.27. The largest absolute Gasteiger partial charge is 0.399 e. The van der Waals surface area contributed by atoms with Gasteiger partial charge in [0.25, 0.3) is 5.91 Å². The number of benzene rings is 1. The van der Waals surface area contributed by atoms with Crippen molar-refractivity contribution in [2.24, 2.45) is 0 Å². The fourth-order valence-electron chi connectivity index (χ4n) is 2.04. The van der Waals surface area contributed by atoms with Crippen LogP contribution in [0.4, 0.5) is 5.69 Å². The van der Waals surface area contributed by atoms with E-state index >= 15 is 0 Å². The monoisotopic (exact) mass is 304 g/mol. The zero-order valence-corrected chi connectivity index (χ0v) is 11.8. The van der Waals surface area contributed by atoms with E-state index in [0.717, 1.165) is 0 Å². The molecule has 8 heteroatoms. The van der Waals surface area contributed by atoms with Gasteiger partial charge in [-0.3, -0.25) is 24.5 Å². The van der Waals surface area contributed by atoms with Crippen molar-refractivity contribution in [2.45, 2.75) is 0 Å². The summed E-state index contributed by atoms with van der Waals surface area (Å²) in [6.07, 6.45) is 0.701. The van der Waals surface area contributed by atoms with Crippen molar-refractivity contribution in [3.05, 3.63) is 29.8 Å². The van der Waals surface area contributed by atoms with E-state index in [2.05, 4.69) is 0 Å². The van der Waals surface area contributed by atoms with Crippen molar-refractivity contribution in [2.75, 3.05) is 31.9 Å². The van der Waals surface area contributed by atoms with Gasteiger partial charge in [-0.2, -0.15) is 0 Å². The molecule has 0 atom stereocenters. The molecule has 3 N–H and O–H groups in total. The molecule has 2 rings (SSSR count). The summed E-state index contributed by atoms with van der Waals surface area (Å²) < 4.78 is 0. The average molecular weight is 304 g/mol. The maximum atomic E-state index is 11.9. The van der Waals surface area contributed by atoms with Crippen LogP contribution in [0.1, 0.15) is 10.4 Å². The molecule has 4 amide bonds. The molecular formula is C14H16N4O4. The Morgan fingerprint density at radius 1 is 1.05 bits per heavy atom. The lowest BCUT2D eigenvalue weighted by Crippen LogP contribution is -2.52. The molecule has 1 aliphatic rings. The molecular weight excluding hydrogens is 288 g/mol. The number of imide groups is 1. The van der Waals surface area contributed by atoms with E-state index in [0.29, 0.717) is 25.2 Å². The lowest BCUT2D eigenvalue weighted by molar-refractivity contribution is -0.147. The smallest absolute Gasteiger partial charge is 0.316 e. The third-order valence-corrected chi connectivity index (χ3v) is 3.34. The van der Waals surface area contributed by atoms with Gasteiger partial charge in [-0.25, -0.2) is 0 Å². The van der Waals surface area contributed by atoms with Gasteiger partial charge in [0.05, 0.1) is 0 Å². The Kier molecular flexibility index (Phi) is 4.72. The number of nitrogens with zero attached hydrogens (tertiary/aromatic N) is 2. The second-order valence-corrected chi connectivity index (χ2v) is 4.84. The van der Waals surface area contributed by atoms with Gasteiger partial charge >= 0.3 is 11.8 Å². The number of piperazine rings is 1. The van der Waals surface area contributed by atoms with Crippen molar-refractivity contribution in [1.29, 1.82) is 0 Å².